The smallest absolute Gasteiger partial charge is 0.122 e. The summed E-state index contributed by atoms with van der Waals surface area (Å²) in [6.45, 7) is 6.41. The van der Waals surface area contributed by atoms with Crippen molar-refractivity contribution in [2.24, 2.45) is 0 Å². The Balaban J connectivity index is 2.26. The van der Waals surface area contributed by atoms with Gasteiger partial charge >= 0.3 is 0 Å². The van der Waals surface area contributed by atoms with Crippen molar-refractivity contribution in [2.75, 3.05) is 7.11 Å². The zero-order valence-electron chi connectivity index (χ0n) is 13.8. The molecule has 2 heteroatoms. The average Bonchev–Trinajstić information content (AvgIpc) is 2.53. The third-order valence-electron chi connectivity index (χ3n) is 4.02. The van der Waals surface area contributed by atoms with Gasteiger partial charge in [0, 0.05) is 0 Å². The zero-order valence-corrected chi connectivity index (χ0v) is 13.8. The lowest BCUT2D eigenvalue weighted by molar-refractivity contribution is 0.409. The molecule has 2 aromatic carbocycles. The van der Waals surface area contributed by atoms with Crippen LogP contribution in [0.1, 0.15) is 47.9 Å². The molecular formula is C20H23NO. The van der Waals surface area contributed by atoms with E-state index >= 15 is 0 Å². The quantitative estimate of drug-likeness (QED) is 0.779. The number of nitrogens with zero attached hydrogens (tertiary/aromatic N) is 1. The first kappa shape index (κ1) is 16.1. The van der Waals surface area contributed by atoms with Gasteiger partial charge in [-0.2, -0.15) is 5.26 Å². The van der Waals surface area contributed by atoms with E-state index < -0.39 is 0 Å². The molecule has 0 N–H and O–H groups in total. The molecule has 0 aliphatic heterocycles. The second kappa shape index (κ2) is 7.13. The molecule has 2 rings (SSSR count). The molecule has 0 aliphatic carbocycles. The van der Waals surface area contributed by atoms with E-state index in [2.05, 4.69) is 57.2 Å². The predicted octanol–water partition coefficient (Wildman–Crippen LogP) is 4.98. The monoisotopic (exact) mass is 293 g/mol. The van der Waals surface area contributed by atoms with E-state index in [1.165, 1.54) is 11.1 Å². The van der Waals surface area contributed by atoms with Gasteiger partial charge < -0.3 is 4.74 Å². The van der Waals surface area contributed by atoms with Gasteiger partial charge in [0.15, 0.2) is 0 Å². The van der Waals surface area contributed by atoms with E-state index in [1.54, 1.807) is 7.11 Å². The van der Waals surface area contributed by atoms with Gasteiger partial charge in [0.2, 0.25) is 0 Å². The summed E-state index contributed by atoms with van der Waals surface area (Å²) in [7, 11) is 1.67. The number of nitriles is 1. The third kappa shape index (κ3) is 3.68. The van der Waals surface area contributed by atoms with Crippen molar-refractivity contribution >= 4 is 0 Å². The van der Waals surface area contributed by atoms with Gasteiger partial charge in [-0.1, -0.05) is 55.8 Å². The van der Waals surface area contributed by atoms with E-state index in [9.17, 15) is 5.26 Å². The van der Waals surface area contributed by atoms with Crippen molar-refractivity contribution in [3.8, 4) is 11.8 Å². The Morgan fingerprint density at radius 2 is 1.68 bits per heavy atom. The third-order valence-corrected chi connectivity index (χ3v) is 4.02. The van der Waals surface area contributed by atoms with Crippen LogP contribution in [0.2, 0.25) is 0 Å². The summed E-state index contributed by atoms with van der Waals surface area (Å²) in [5.74, 6) is 1.20. The van der Waals surface area contributed by atoms with Gasteiger partial charge in [-0.25, -0.2) is 0 Å². The van der Waals surface area contributed by atoms with Crippen LogP contribution in [-0.4, -0.2) is 7.11 Å². The molecule has 1 atom stereocenters. The SMILES string of the molecule is COc1ccc(C)cc1CC(C#N)c1ccc(C(C)C)cc1. The Labute approximate surface area is 133 Å². The lowest BCUT2D eigenvalue weighted by atomic mass is 9.90. The van der Waals surface area contributed by atoms with Crippen molar-refractivity contribution in [1.82, 2.24) is 0 Å². The molecule has 2 nitrogen and oxygen atoms in total. The number of methoxy groups -OCH3 is 1. The molecule has 114 valence electrons. The molecule has 0 bridgehead atoms. The number of hydrogen-bond donors (Lipinski definition) is 0. The molecular weight excluding hydrogens is 270 g/mol. The molecule has 0 heterocycles. The highest BCUT2D eigenvalue weighted by Gasteiger charge is 2.15. The summed E-state index contributed by atoms with van der Waals surface area (Å²) >= 11 is 0. The molecule has 0 amide bonds. The molecule has 0 saturated carbocycles. The molecule has 0 fully saturated rings. The summed E-state index contributed by atoms with van der Waals surface area (Å²) in [6, 6.07) is 16.9. The normalized spacial score (nSPS) is 12.0. The Bertz CT molecular complexity index is 665. The summed E-state index contributed by atoms with van der Waals surface area (Å²) < 4.78 is 5.42. The largest absolute Gasteiger partial charge is 0.496 e. The standard InChI is InChI=1S/C20H23NO/c1-14(2)16-6-8-17(9-7-16)19(13-21)12-18-11-15(3)5-10-20(18)22-4/h5-11,14,19H,12H2,1-4H3. The van der Waals surface area contributed by atoms with Gasteiger partial charge in [0.1, 0.15) is 5.75 Å². The minimum atomic E-state index is -0.156. The van der Waals surface area contributed by atoms with Crippen molar-refractivity contribution in [1.29, 1.82) is 5.26 Å². The van der Waals surface area contributed by atoms with Gasteiger partial charge in [0.25, 0.3) is 0 Å². The van der Waals surface area contributed by atoms with E-state index in [0.717, 1.165) is 16.9 Å². The highest BCUT2D eigenvalue weighted by Crippen LogP contribution is 2.28. The van der Waals surface area contributed by atoms with Crippen LogP contribution < -0.4 is 4.74 Å². The summed E-state index contributed by atoms with van der Waals surface area (Å²) in [5, 5.41) is 9.56. The minimum Gasteiger partial charge on any atom is -0.496 e. The van der Waals surface area contributed by atoms with E-state index in [4.69, 9.17) is 4.74 Å². The molecule has 0 aromatic heterocycles. The van der Waals surface area contributed by atoms with Crippen molar-refractivity contribution < 1.29 is 4.74 Å². The van der Waals surface area contributed by atoms with Crippen LogP contribution in [0.15, 0.2) is 42.5 Å². The molecule has 0 radical (unpaired) electrons. The van der Waals surface area contributed by atoms with Crippen LogP contribution in [0, 0.1) is 18.3 Å². The molecule has 0 spiro atoms. The van der Waals surface area contributed by atoms with E-state index in [0.29, 0.717) is 12.3 Å². The molecule has 1 unspecified atom stereocenters. The lowest BCUT2D eigenvalue weighted by Crippen LogP contribution is -2.03. The molecule has 0 aliphatic rings. The Morgan fingerprint density at radius 3 is 2.23 bits per heavy atom. The first-order valence-electron chi connectivity index (χ1n) is 7.68. The summed E-state index contributed by atoms with van der Waals surface area (Å²) in [5.41, 5.74) is 4.63. The highest BCUT2D eigenvalue weighted by molar-refractivity contribution is 5.40. The summed E-state index contributed by atoms with van der Waals surface area (Å²) in [4.78, 5) is 0. The molecule has 2 aromatic rings. The number of rotatable bonds is 5. The zero-order chi connectivity index (χ0) is 16.1. The maximum atomic E-state index is 9.56. The maximum absolute atomic E-state index is 9.56. The van der Waals surface area contributed by atoms with Gasteiger partial charge in [-0.3, -0.25) is 0 Å². The topological polar surface area (TPSA) is 33.0 Å². The predicted molar refractivity (Wildman–Crippen MR) is 90.3 cm³/mol. The Hall–Kier alpha value is -2.27. The summed E-state index contributed by atoms with van der Waals surface area (Å²) in [6.07, 6.45) is 0.669. The average molecular weight is 293 g/mol. The van der Waals surface area contributed by atoms with Gasteiger partial charge in [-0.15, -0.1) is 0 Å². The van der Waals surface area contributed by atoms with Crippen LogP contribution in [0.5, 0.6) is 5.75 Å². The van der Waals surface area contributed by atoms with Gasteiger partial charge in [0.05, 0.1) is 19.1 Å². The fraction of sp³-hybridized carbons (Fsp3) is 0.350. The molecule has 0 saturated heterocycles. The number of benzene rings is 2. The molecule has 22 heavy (non-hydrogen) atoms. The fourth-order valence-corrected chi connectivity index (χ4v) is 2.64. The van der Waals surface area contributed by atoms with Crippen LogP contribution in [0.25, 0.3) is 0 Å². The van der Waals surface area contributed by atoms with E-state index in [1.807, 2.05) is 12.1 Å². The second-order valence-electron chi connectivity index (χ2n) is 6.02. The minimum absolute atomic E-state index is 0.156. The van der Waals surface area contributed by atoms with Crippen molar-refractivity contribution in [2.45, 2.75) is 39.0 Å². The Kier molecular flexibility index (Phi) is 5.22. The second-order valence-corrected chi connectivity index (χ2v) is 6.02. The number of ether oxygens (including phenoxy) is 1. The number of aryl methyl sites for hydroxylation is 1. The highest BCUT2D eigenvalue weighted by atomic mass is 16.5. The van der Waals surface area contributed by atoms with Crippen molar-refractivity contribution in [3.63, 3.8) is 0 Å². The van der Waals surface area contributed by atoms with Crippen LogP contribution in [0.4, 0.5) is 0 Å². The van der Waals surface area contributed by atoms with Crippen LogP contribution in [-0.2, 0) is 6.42 Å². The maximum Gasteiger partial charge on any atom is 0.122 e. The first-order valence-corrected chi connectivity index (χ1v) is 7.68. The number of hydrogen-bond acceptors (Lipinski definition) is 2. The Morgan fingerprint density at radius 1 is 1.05 bits per heavy atom. The van der Waals surface area contributed by atoms with E-state index in [-0.39, 0.29) is 5.92 Å². The van der Waals surface area contributed by atoms with Crippen LogP contribution in [0.3, 0.4) is 0 Å². The van der Waals surface area contributed by atoms with Crippen LogP contribution >= 0.6 is 0 Å². The van der Waals surface area contributed by atoms with Crippen molar-refractivity contribution in [3.05, 3.63) is 64.7 Å². The first-order chi connectivity index (χ1) is 10.5. The fourth-order valence-electron chi connectivity index (χ4n) is 2.64. The lowest BCUT2D eigenvalue weighted by Gasteiger charge is -2.14. The van der Waals surface area contributed by atoms with Gasteiger partial charge in [-0.05, 0) is 42.0 Å².